The average Bonchev–Trinajstić information content (AvgIpc) is 2.87. The topological polar surface area (TPSA) is 64.4 Å². The Morgan fingerprint density at radius 2 is 1.90 bits per heavy atom. The number of hydrogen-bond acceptors (Lipinski definition) is 3. The van der Waals surface area contributed by atoms with Crippen LogP contribution in [0.2, 0.25) is 0 Å². The van der Waals surface area contributed by atoms with Crippen LogP contribution in [0.25, 0.3) is 10.9 Å². The van der Waals surface area contributed by atoms with Crippen molar-refractivity contribution in [3.8, 4) is 5.75 Å². The number of benzene rings is 2. The van der Waals surface area contributed by atoms with Crippen molar-refractivity contribution >= 4 is 16.9 Å². The molecule has 2 aromatic carbocycles. The highest BCUT2D eigenvalue weighted by Crippen LogP contribution is 2.23. The van der Waals surface area contributed by atoms with E-state index >= 15 is 0 Å². The molecule has 1 aromatic heterocycles. The molecule has 0 fully saturated rings. The molecule has 0 aliphatic rings. The summed E-state index contributed by atoms with van der Waals surface area (Å²) < 4.78 is 7.02. The van der Waals surface area contributed by atoms with E-state index in [1.807, 2.05) is 42.5 Å². The first-order valence-electron chi connectivity index (χ1n) is 6.51. The van der Waals surface area contributed by atoms with Gasteiger partial charge in [-0.15, -0.1) is 0 Å². The normalized spacial score (nSPS) is 10.7. The molecule has 5 nitrogen and oxygen atoms in total. The third-order valence-corrected chi connectivity index (χ3v) is 3.37. The lowest BCUT2D eigenvalue weighted by Gasteiger charge is -2.08. The molecule has 1 heterocycles. The zero-order valence-corrected chi connectivity index (χ0v) is 11.5. The van der Waals surface area contributed by atoms with Gasteiger partial charge in [-0.3, -0.25) is 4.68 Å². The highest BCUT2D eigenvalue weighted by Gasteiger charge is 2.16. The summed E-state index contributed by atoms with van der Waals surface area (Å²) in [7, 11) is 1.61. The van der Waals surface area contributed by atoms with E-state index in [4.69, 9.17) is 4.74 Å². The SMILES string of the molecule is COc1ccccc1Cn1nc(C(=O)O)c2ccccc21. The molecule has 0 atom stereocenters. The van der Waals surface area contributed by atoms with Crippen LogP contribution in [0.15, 0.2) is 48.5 Å². The maximum absolute atomic E-state index is 11.3. The van der Waals surface area contributed by atoms with Crippen LogP contribution in [0.3, 0.4) is 0 Å². The van der Waals surface area contributed by atoms with Crippen LogP contribution >= 0.6 is 0 Å². The third-order valence-electron chi connectivity index (χ3n) is 3.37. The molecule has 3 aromatic rings. The summed E-state index contributed by atoms with van der Waals surface area (Å²) in [5, 5.41) is 14.1. The molecule has 0 unspecified atom stereocenters. The van der Waals surface area contributed by atoms with E-state index in [0.717, 1.165) is 16.8 Å². The molecule has 21 heavy (non-hydrogen) atoms. The van der Waals surface area contributed by atoms with E-state index in [1.54, 1.807) is 17.9 Å². The summed E-state index contributed by atoms with van der Waals surface area (Å²) in [5.74, 6) is -0.265. The van der Waals surface area contributed by atoms with Gasteiger partial charge >= 0.3 is 5.97 Å². The first-order valence-corrected chi connectivity index (χ1v) is 6.51. The molecule has 0 amide bonds. The highest BCUT2D eigenvalue weighted by molar-refractivity contribution is 6.01. The predicted octanol–water partition coefficient (Wildman–Crippen LogP) is 2.79. The number of para-hydroxylation sites is 2. The van der Waals surface area contributed by atoms with Gasteiger partial charge in [0, 0.05) is 10.9 Å². The molecule has 0 bridgehead atoms. The molecular formula is C16H14N2O3. The number of aromatic carboxylic acids is 1. The van der Waals surface area contributed by atoms with E-state index in [2.05, 4.69) is 5.10 Å². The van der Waals surface area contributed by atoms with E-state index in [1.165, 1.54) is 0 Å². The number of carboxylic acid groups (broad SMARTS) is 1. The van der Waals surface area contributed by atoms with Crippen molar-refractivity contribution in [3.63, 3.8) is 0 Å². The van der Waals surface area contributed by atoms with E-state index in [9.17, 15) is 9.90 Å². The Kier molecular flexibility index (Phi) is 3.31. The van der Waals surface area contributed by atoms with Gasteiger partial charge in [-0.2, -0.15) is 5.10 Å². The van der Waals surface area contributed by atoms with Gasteiger partial charge in [0.25, 0.3) is 0 Å². The van der Waals surface area contributed by atoms with Crippen LogP contribution in [0, 0.1) is 0 Å². The van der Waals surface area contributed by atoms with Crippen molar-refractivity contribution in [3.05, 3.63) is 59.8 Å². The fourth-order valence-corrected chi connectivity index (χ4v) is 2.40. The Morgan fingerprint density at radius 3 is 2.67 bits per heavy atom. The number of hydrogen-bond donors (Lipinski definition) is 1. The monoisotopic (exact) mass is 282 g/mol. The van der Waals surface area contributed by atoms with Crippen molar-refractivity contribution in [1.82, 2.24) is 9.78 Å². The molecule has 0 saturated carbocycles. The number of fused-ring (bicyclic) bond motifs is 1. The number of nitrogens with zero attached hydrogens (tertiary/aromatic N) is 2. The molecule has 0 spiro atoms. The van der Waals surface area contributed by atoms with Gasteiger partial charge in [-0.25, -0.2) is 4.79 Å². The zero-order chi connectivity index (χ0) is 14.8. The minimum atomic E-state index is -1.02. The first-order chi connectivity index (χ1) is 10.2. The van der Waals surface area contributed by atoms with Crippen LogP contribution in [-0.4, -0.2) is 28.0 Å². The minimum Gasteiger partial charge on any atom is -0.496 e. The van der Waals surface area contributed by atoms with Crippen LogP contribution < -0.4 is 4.74 Å². The van der Waals surface area contributed by atoms with Crippen LogP contribution in [0.1, 0.15) is 16.1 Å². The van der Waals surface area contributed by atoms with Gasteiger partial charge in [-0.05, 0) is 12.1 Å². The number of carbonyl (C=O) groups is 1. The van der Waals surface area contributed by atoms with Gasteiger partial charge in [0.2, 0.25) is 0 Å². The van der Waals surface area contributed by atoms with Crippen LogP contribution in [-0.2, 0) is 6.54 Å². The van der Waals surface area contributed by atoms with Crippen LogP contribution in [0.4, 0.5) is 0 Å². The van der Waals surface area contributed by atoms with Crippen LogP contribution in [0.5, 0.6) is 5.75 Å². The van der Waals surface area contributed by atoms with E-state index in [0.29, 0.717) is 11.9 Å². The maximum Gasteiger partial charge on any atom is 0.357 e. The lowest BCUT2D eigenvalue weighted by atomic mass is 10.2. The van der Waals surface area contributed by atoms with Gasteiger partial charge in [-0.1, -0.05) is 36.4 Å². The molecule has 0 saturated heterocycles. The second-order valence-electron chi connectivity index (χ2n) is 4.64. The number of rotatable bonds is 4. The highest BCUT2D eigenvalue weighted by atomic mass is 16.5. The van der Waals surface area contributed by atoms with Crippen molar-refractivity contribution in [2.24, 2.45) is 0 Å². The zero-order valence-electron chi connectivity index (χ0n) is 11.5. The minimum absolute atomic E-state index is 0.0699. The molecule has 3 rings (SSSR count). The fraction of sp³-hybridized carbons (Fsp3) is 0.125. The van der Waals surface area contributed by atoms with Crippen molar-refractivity contribution in [1.29, 1.82) is 0 Å². The van der Waals surface area contributed by atoms with Crippen molar-refractivity contribution < 1.29 is 14.6 Å². The maximum atomic E-state index is 11.3. The molecule has 0 aliphatic carbocycles. The fourth-order valence-electron chi connectivity index (χ4n) is 2.40. The summed E-state index contributed by atoms with van der Waals surface area (Å²) >= 11 is 0. The quantitative estimate of drug-likeness (QED) is 0.799. The Morgan fingerprint density at radius 1 is 1.19 bits per heavy atom. The largest absolute Gasteiger partial charge is 0.496 e. The standard InChI is InChI=1S/C16H14N2O3/c1-21-14-9-5-2-6-11(14)10-18-13-8-4-3-7-12(13)15(17-18)16(19)20/h2-9H,10H2,1H3,(H,19,20). The Balaban J connectivity index is 2.11. The molecule has 0 aliphatic heterocycles. The number of aromatic nitrogens is 2. The summed E-state index contributed by atoms with van der Waals surface area (Å²) in [6.45, 7) is 0.456. The third kappa shape index (κ3) is 2.33. The number of carboxylic acids is 1. The summed E-state index contributed by atoms with van der Waals surface area (Å²) in [4.78, 5) is 11.3. The Hall–Kier alpha value is -2.82. The van der Waals surface area contributed by atoms with Crippen molar-refractivity contribution in [2.45, 2.75) is 6.54 Å². The molecule has 0 radical (unpaired) electrons. The summed E-state index contributed by atoms with van der Waals surface area (Å²) in [6.07, 6.45) is 0. The van der Waals surface area contributed by atoms with E-state index < -0.39 is 5.97 Å². The number of methoxy groups -OCH3 is 1. The van der Waals surface area contributed by atoms with E-state index in [-0.39, 0.29) is 5.69 Å². The Bertz CT molecular complexity index is 808. The Labute approximate surface area is 121 Å². The average molecular weight is 282 g/mol. The smallest absolute Gasteiger partial charge is 0.357 e. The van der Waals surface area contributed by atoms with Crippen molar-refractivity contribution in [2.75, 3.05) is 7.11 Å². The lowest BCUT2D eigenvalue weighted by Crippen LogP contribution is -2.05. The lowest BCUT2D eigenvalue weighted by molar-refractivity contribution is 0.0691. The summed E-state index contributed by atoms with van der Waals surface area (Å²) in [6, 6.07) is 14.9. The first kappa shape index (κ1) is 13.2. The van der Waals surface area contributed by atoms with Gasteiger partial charge in [0.05, 0.1) is 19.2 Å². The van der Waals surface area contributed by atoms with Gasteiger partial charge < -0.3 is 9.84 Å². The van der Waals surface area contributed by atoms with Gasteiger partial charge in [0.15, 0.2) is 5.69 Å². The number of ether oxygens (including phenoxy) is 1. The molecular weight excluding hydrogens is 268 g/mol. The molecule has 5 heteroatoms. The second-order valence-corrected chi connectivity index (χ2v) is 4.64. The second kappa shape index (κ2) is 5.28. The molecule has 106 valence electrons. The summed E-state index contributed by atoms with van der Waals surface area (Å²) in [5.41, 5.74) is 1.81. The predicted molar refractivity (Wildman–Crippen MR) is 78.8 cm³/mol. The molecule has 1 N–H and O–H groups in total. The van der Waals surface area contributed by atoms with Gasteiger partial charge in [0.1, 0.15) is 5.75 Å².